The fourth-order valence-electron chi connectivity index (χ4n) is 3.18. The molecule has 1 saturated heterocycles. The Hall–Kier alpha value is -1.97. The van der Waals surface area contributed by atoms with Crippen molar-refractivity contribution in [3.63, 3.8) is 0 Å². The Morgan fingerprint density at radius 2 is 1.81 bits per heavy atom. The number of rotatable bonds is 3. The number of aryl methyl sites for hydroxylation is 2. The second-order valence-corrected chi connectivity index (χ2v) is 6.15. The van der Waals surface area contributed by atoms with Crippen LogP contribution in [0.2, 0.25) is 0 Å². The highest BCUT2D eigenvalue weighted by molar-refractivity contribution is 6.05. The molecule has 0 saturated carbocycles. The van der Waals surface area contributed by atoms with Gasteiger partial charge in [-0.3, -0.25) is 19.3 Å². The fraction of sp³-hybridized carbons (Fsp3) is 0.471. The number of Topliss-reactive ketones (excluding diaryl/α,β-unsaturated/α-hetero) is 1. The Labute approximate surface area is 124 Å². The zero-order chi connectivity index (χ0) is 15.0. The lowest BCUT2D eigenvalue weighted by molar-refractivity contribution is -0.149. The maximum Gasteiger partial charge on any atom is 0.229 e. The number of amides is 2. The molecule has 0 aromatic heterocycles. The van der Waals surface area contributed by atoms with Crippen LogP contribution in [-0.2, 0) is 22.4 Å². The largest absolute Gasteiger partial charge is 0.292 e. The van der Waals surface area contributed by atoms with Gasteiger partial charge in [0.2, 0.25) is 11.8 Å². The van der Waals surface area contributed by atoms with Crippen LogP contribution in [0.3, 0.4) is 0 Å². The van der Waals surface area contributed by atoms with E-state index in [0.717, 1.165) is 24.2 Å². The lowest BCUT2D eigenvalue weighted by atomic mass is 9.97. The number of imide groups is 1. The van der Waals surface area contributed by atoms with Crippen molar-refractivity contribution in [2.75, 3.05) is 6.54 Å². The summed E-state index contributed by atoms with van der Waals surface area (Å²) in [5.74, 6) is -0.529. The monoisotopic (exact) mass is 285 g/mol. The topological polar surface area (TPSA) is 54.5 Å². The van der Waals surface area contributed by atoms with Crippen LogP contribution in [0.1, 0.15) is 47.7 Å². The van der Waals surface area contributed by atoms with E-state index >= 15 is 0 Å². The van der Waals surface area contributed by atoms with Gasteiger partial charge < -0.3 is 0 Å². The molecule has 1 aromatic carbocycles. The molecule has 3 rings (SSSR count). The van der Waals surface area contributed by atoms with Crippen LogP contribution in [0.5, 0.6) is 0 Å². The van der Waals surface area contributed by atoms with Crippen molar-refractivity contribution in [3.05, 3.63) is 34.9 Å². The second kappa shape index (κ2) is 5.43. The van der Waals surface area contributed by atoms with Gasteiger partial charge in [-0.25, -0.2) is 0 Å². The third kappa shape index (κ3) is 2.75. The highest BCUT2D eigenvalue weighted by atomic mass is 16.2. The van der Waals surface area contributed by atoms with Gasteiger partial charge >= 0.3 is 0 Å². The van der Waals surface area contributed by atoms with Crippen molar-refractivity contribution >= 4 is 17.6 Å². The molecule has 0 radical (unpaired) electrons. The number of carbonyl (C=O) groups excluding carboxylic acids is 3. The Kier molecular flexibility index (Phi) is 3.62. The average Bonchev–Trinajstić information content (AvgIpc) is 2.89. The van der Waals surface area contributed by atoms with Gasteiger partial charge in [0.15, 0.2) is 5.78 Å². The Morgan fingerprint density at radius 3 is 2.52 bits per heavy atom. The van der Waals surface area contributed by atoms with Crippen LogP contribution in [0, 0.1) is 5.92 Å². The molecule has 1 heterocycles. The van der Waals surface area contributed by atoms with Gasteiger partial charge in [-0.1, -0.05) is 19.1 Å². The lowest BCUT2D eigenvalue weighted by Gasteiger charge is -2.27. The first-order chi connectivity index (χ1) is 10.0. The molecule has 4 heteroatoms. The number of likely N-dealkylation sites (tertiary alicyclic amines) is 1. The predicted molar refractivity (Wildman–Crippen MR) is 77.9 cm³/mol. The summed E-state index contributed by atoms with van der Waals surface area (Å²) in [5.41, 5.74) is 3.14. The normalized spacial score (nSPS) is 19.0. The molecule has 21 heavy (non-hydrogen) atoms. The predicted octanol–water partition coefficient (Wildman–Crippen LogP) is 2.14. The van der Waals surface area contributed by atoms with E-state index in [-0.39, 0.29) is 30.1 Å². The minimum Gasteiger partial charge on any atom is -0.292 e. The summed E-state index contributed by atoms with van der Waals surface area (Å²) in [6.07, 6.45) is 3.92. The van der Waals surface area contributed by atoms with Crippen molar-refractivity contribution in [2.45, 2.75) is 39.0 Å². The van der Waals surface area contributed by atoms with Crippen LogP contribution >= 0.6 is 0 Å². The Bertz CT molecular complexity index is 602. The maximum absolute atomic E-state index is 12.3. The molecule has 1 aliphatic heterocycles. The number of nitrogens with zero attached hydrogens (tertiary/aromatic N) is 1. The Balaban J connectivity index is 1.74. The molecule has 2 aliphatic rings. The minimum atomic E-state index is -0.228. The van der Waals surface area contributed by atoms with E-state index < -0.39 is 0 Å². The zero-order valence-electron chi connectivity index (χ0n) is 12.2. The first-order valence-electron chi connectivity index (χ1n) is 7.53. The standard InChI is InChI=1S/C17H19NO3/c1-11-7-16(20)18(17(21)8-11)10-15(19)14-6-5-12-3-2-4-13(12)9-14/h5-6,9,11H,2-4,7-8,10H2,1H3. The summed E-state index contributed by atoms with van der Waals surface area (Å²) in [6.45, 7) is 1.76. The van der Waals surface area contributed by atoms with E-state index in [1.807, 2.05) is 25.1 Å². The third-order valence-corrected chi connectivity index (χ3v) is 4.37. The minimum absolute atomic E-state index is 0.0800. The first-order valence-corrected chi connectivity index (χ1v) is 7.53. The van der Waals surface area contributed by atoms with Crippen LogP contribution in [0.25, 0.3) is 0 Å². The van der Waals surface area contributed by atoms with E-state index in [1.165, 1.54) is 11.1 Å². The molecule has 0 bridgehead atoms. The van der Waals surface area contributed by atoms with Gasteiger partial charge in [-0.15, -0.1) is 0 Å². The van der Waals surface area contributed by atoms with Gasteiger partial charge in [0.05, 0.1) is 6.54 Å². The number of fused-ring (bicyclic) bond motifs is 1. The summed E-state index contributed by atoms with van der Waals surface area (Å²) in [5, 5.41) is 0. The van der Waals surface area contributed by atoms with Crippen molar-refractivity contribution < 1.29 is 14.4 Å². The molecular formula is C17H19NO3. The van der Waals surface area contributed by atoms with Crippen molar-refractivity contribution in [1.29, 1.82) is 0 Å². The maximum atomic E-state index is 12.3. The number of piperidine rings is 1. The van der Waals surface area contributed by atoms with Crippen molar-refractivity contribution in [3.8, 4) is 0 Å². The molecule has 0 unspecified atom stereocenters. The second-order valence-electron chi connectivity index (χ2n) is 6.15. The van der Waals surface area contributed by atoms with Crippen LogP contribution in [0.15, 0.2) is 18.2 Å². The van der Waals surface area contributed by atoms with E-state index in [1.54, 1.807) is 0 Å². The SMILES string of the molecule is CC1CC(=O)N(CC(=O)c2ccc3c(c2)CCC3)C(=O)C1. The third-order valence-electron chi connectivity index (χ3n) is 4.37. The summed E-state index contributed by atoms with van der Waals surface area (Å²) in [4.78, 5) is 37.3. The number of hydrogen-bond acceptors (Lipinski definition) is 3. The average molecular weight is 285 g/mol. The van der Waals surface area contributed by atoms with E-state index in [9.17, 15) is 14.4 Å². The van der Waals surface area contributed by atoms with E-state index in [4.69, 9.17) is 0 Å². The fourth-order valence-corrected chi connectivity index (χ4v) is 3.18. The van der Waals surface area contributed by atoms with Gasteiger partial charge in [-0.05, 0) is 42.4 Å². The van der Waals surface area contributed by atoms with Crippen molar-refractivity contribution in [1.82, 2.24) is 4.90 Å². The molecule has 4 nitrogen and oxygen atoms in total. The van der Waals surface area contributed by atoms with Gasteiger partial charge in [0, 0.05) is 18.4 Å². The number of carbonyl (C=O) groups is 3. The highest BCUT2D eigenvalue weighted by Crippen LogP contribution is 2.24. The molecule has 0 atom stereocenters. The van der Waals surface area contributed by atoms with Crippen LogP contribution < -0.4 is 0 Å². The van der Waals surface area contributed by atoms with Crippen molar-refractivity contribution in [2.24, 2.45) is 5.92 Å². The highest BCUT2D eigenvalue weighted by Gasteiger charge is 2.31. The molecular weight excluding hydrogens is 266 g/mol. The number of benzene rings is 1. The molecule has 110 valence electrons. The van der Waals surface area contributed by atoms with Crippen LogP contribution in [0.4, 0.5) is 0 Å². The summed E-state index contributed by atoms with van der Waals surface area (Å²) in [7, 11) is 0. The molecule has 0 N–H and O–H groups in total. The van der Waals surface area contributed by atoms with Gasteiger partial charge in [-0.2, -0.15) is 0 Å². The number of hydrogen-bond donors (Lipinski definition) is 0. The van der Waals surface area contributed by atoms with E-state index in [2.05, 4.69) is 0 Å². The van der Waals surface area contributed by atoms with Crippen LogP contribution in [-0.4, -0.2) is 29.0 Å². The molecule has 2 amide bonds. The molecule has 0 spiro atoms. The van der Waals surface area contributed by atoms with E-state index in [0.29, 0.717) is 18.4 Å². The Morgan fingerprint density at radius 1 is 1.14 bits per heavy atom. The van der Waals surface area contributed by atoms with Gasteiger partial charge in [0.1, 0.15) is 0 Å². The molecule has 1 fully saturated rings. The number of ketones is 1. The molecule has 1 aromatic rings. The lowest BCUT2D eigenvalue weighted by Crippen LogP contribution is -2.45. The molecule has 1 aliphatic carbocycles. The first kappa shape index (κ1) is 14.0. The summed E-state index contributed by atoms with van der Waals surface area (Å²) in [6, 6.07) is 5.73. The quantitative estimate of drug-likeness (QED) is 0.631. The van der Waals surface area contributed by atoms with Gasteiger partial charge in [0.25, 0.3) is 0 Å². The zero-order valence-corrected chi connectivity index (χ0v) is 12.2. The summed E-state index contributed by atoms with van der Waals surface area (Å²) >= 11 is 0. The smallest absolute Gasteiger partial charge is 0.229 e. The summed E-state index contributed by atoms with van der Waals surface area (Å²) < 4.78 is 0.